The number of nitrogens with zero attached hydrogens (tertiary/aromatic N) is 1. The molecular formula is C19H24ClNO4. The van der Waals surface area contributed by atoms with Crippen LogP contribution in [0.15, 0.2) is 28.7 Å². The number of hydrogen-bond donors (Lipinski definition) is 0. The lowest BCUT2D eigenvalue weighted by molar-refractivity contribution is 0.0774. The number of methoxy groups -OCH3 is 1. The fourth-order valence-electron chi connectivity index (χ4n) is 2.33. The fraction of sp³-hybridized carbons (Fsp3) is 0.421. The number of halogens is 1. The zero-order valence-corrected chi connectivity index (χ0v) is 16.0. The normalized spacial score (nSPS) is 10.8. The van der Waals surface area contributed by atoms with Crippen molar-refractivity contribution in [2.45, 2.75) is 27.3 Å². The summed E-state index contributed by atoms with van der Waals surface area (Å²) < 4.78 is 16.6. The number of carbonyl (C=O) groups is 1. The van der Waals surface area contributed by atoms with Crippen molar-refractivity contribution in [1.82, 2.24) is 4.90 Å². The average molecular weight is 366 g/mol. The first-order valence-corrected chi connectivity index (χ1v) is 8.50. The van der Waals surface area contributed by atoms with Gasteiger partial charge in [-0.05, 0) is 37.1 Å². The summed E-state index contributed by atoms with van der Waals surface area (Å²) >= 11 is 6.31. The molecule has 0 spiro atoms. The standard InChI is InChI=1S/C19H24ClNO4/c1-12(2)11-24-18-16(20)8-14(9-17(18)23-5)19(22)21(4)10-15-7-6-13(3)25-15/h6-9,12H,10-11H2,1-5H3. The number of ether oxygens (including phenoxy) is 2. The van der Waals surface area contributed by atoms with Gasteiger partial charge < -0.3 is 18.8 Å². The monoisotopic (exact) mass is 365 g/mol. The molecule has 136 valence electrons. The molecular weight excluding hydrogens is 342 g/mol. The maximum Gasteiger partial charge on any atom is 0.254 e. The van der Waals surface area contributed by atoms with E-state index in [0.717, 1.165) is 11.5 Å². The number of carbonyl (C=O) groups excluding carboxylic acids is 1. The van der Waals surface area contributed by atoms with E-state index in [0.29, 0.717) is 41.2 Å². The fourth-order valence-corrected chi connectivity index (χ4v) is 2.59. The summed E-state index contributed by atoms with van der Waals surface area (Å²) in [5, 5.41) is 0.352. The van der Waals surface area contributed by atoms with E-state index in [4.69, 9.17) is 25.5 Å². The lowest BCUT2D eigenvalue weighted by atomic mass is 10.1. The lowest BCUT2D eigenvalue weighted by Crippen LogP contribution is -2.26. The van der Waals surface area contributed by atoms with Crippen LogP contribution in [0.1, 0.15) is 35.7 Å². The maximum absolute atomic E-state index is 12.7. The highest BCUT2D eigenvalue weighted by Gasteiger charge is 2.19. The molecule has 0 N–H and O–H groups in total. The maximum atomic E-state index is 12.7. The van der Waals surface area contributed by atoms with Crippen LogP contribution in [0, 0.1) is 12.8 Å². The van der Waals surface area contributed by atoms with Gasteiger partial charge in [-0.25, -0.2) is 0 Å². The van der Waals surface area contributed by atoms with Crippen LogP contribution in [-0.2, 0) is 6.54 Å². The van der Waals surface area contributed by atoms with Gasteiger partial charge in [-0.15, -0.1) is 0 Å². The van der Waals surface area contributed by atoms with Crippen molar-refractivity contribution in [1.29, 1.82) is 0 Å². The highest BCUT2D eigenvalue weighted by molar-refractivity contribution is 6.32. The van der Waals surface area contributed by atoms with Crippen molar-refractivity contribution in [2.24, 2.45) is 5.92 Å². The molecule has 0 aliphatic heterocycles. The zero-order chi connectivity index (χ0) is 18.6. The van der Waals surface area contributed by atoms with Crippen molar-refractivity contribution >= 4 is 17.5 Å². The molecule has 2 rings (SSSR count). The SMILES string of the molecule is COc1cc(C(=O)N(C)Cc2ccc(C)o2)cc(Cl)c1OCC(C)C. The van der Waals surface area contributed by atoms with Crippen LogP contribution in [0.5, 0.6) is 11.5 Å². The minimum absolute atomic E-state index is 0.176. The van der Waals surface area contributed by atoms with Gasteiger partial charge in [-0.3, -0.25) is 4.79 Å². The van der Waals surface area contributed by atoms with Crippen LogP contribution >= 0.6 is 11.6 Å². The first-order chi connectivity index (χ1) is 11.8. The molecule has 1 heterocycles. The van der Waals surface area contributed by atoms with Crippen LogP contribution in [-0.4, -0.2) is 31.6 Å². The molecule has 0 atom stereocenters. The molecule has 0 radical (unpaired) electrons. The van der Waals surface area contributed by atoms with Crippen LogP contribution < -0.4 is 9.47 Å². The Morgan fingerprint density at radius 2 is 2.04 bits per heavy atom. The van der Waals surface area contributed by atoms with Crippen molar-refractivity contribution in [3.63, 3.8) is 0 Å². The molecule has 2 aromatic rings. The van der Waals surface area contributed by atoms with Crippen LogP contribution in [0.25, 0.3) is 0 Å². The smallest absolute Gasteiger partial charge is 0.254 e. The average Bonchev–Trinajstić information content (AvgIpc) is 2.96. The van der Waals surface area contributed by atoms with Gasteiger partial charge in [0.1, 0.15) is 11.5 Å². The van der Waals surface area contributed by atoms with Gasteiger partial charge in [0.15, 0.2) is 11.5 Å². The number of aryl methyl sites for hydroxylation is 1. The van der Waals surface area contributed by atoms with E-state index in [-0.39, 0.29) is 5.91 Å². The predicted octanol–water partition coefficient (Wildman–Crippen LogP) is 4.56. The highest BCUT2D eigenvalue weighted by Crippen LogP contribution is 2.37. The third-order valence-electron chi connectivity index (χ3n) is 3.57. The molecule has 1 amide bonds. The first kappa shape index (κ1) is 19.2. The molecule has 0 fully saturated rings. The molecule has 5 nitrogen and oxygen atoms in total. The summed E-state index contributed by atoms with van der Waals surface area (Å²) in [6.07, 6.45) is 0. The second kappa shape index (κ2) is 8.30. The molecule has 0 aliphatic carbocycles. The quantitative estimate of drug-likeness (QED) is 0.721. The number of furan rings is 1. The summed E-state index contributed by atoms with van der Waals surface area (Å²) in [6.45, 7) is 6.85. The second-order valence-corrected chi connectivity index (χ2v) is 6.78. The minimum Gasteiger partial charge on any atom is -0.493 e. The van der Waals surface area contributed by atoms with Gasteiger partial charge in [0.05, 0.1) is 25.3 Å². The third-order valence-corrected chi connectivity index (χ3v) is 3.85. The van der Waals surface area contributed by atoms with E-state index < -0.39 is 0 Å². The minimum atomic E-state index is -0.176. The van der Waals surface area contributed by atoms with E-state index in [1.54, 1.807) is 24.1 Å². The Balaban J connectivity index is 2.20. The largest absolute Gasteiger partial charge is 0.493 e. The summed E-state index contributed by atoms with van der Waals surface area (Å²) in [4.78, 5) is 14.3. The Morgan fingerprint density at radius 1 is 1.32 bits per heavy atom. The Bertz CT molecular complexity index is 739. The Labute approximate surface area is 153 Å². The molecule has 0 bridgehead atoms. The zero-order valence-electron chi connectivity index (χ0n) is 15.3. The highest BCUT2D eigenvalue weighted by atomic mass is 35.5. The lowest BCUT2D eigenvalue weighted by Gasteiger charge is -2.18. The van der Waals surface area contributed by atoms with Gasteiger partial charge >= 0.3 is 0 Å². The van der Waals surface area contributed by atoms with Gasteiger partial charge in [-0.1, -0.05) is 25.4 Å². The first-order valence-electron chi connectivity index (χ1n) is 8.13. The van der Waals surface area contributed by atoms with E-state index in [2.05, 4.69) is 0 Å². The molecule has 1 aromatic heterocycles. The number of benzene rings is 1. The molecule has 0 unspecified atom stereocenters. The van der Waals surface area contributed by atoms with E-state index >= 15 is 0 Å². The van der Waals surface area contributed by atoms with Crippen molar-refractivity contribution in [2.75, 3.05) is 20.8 Å². The van der Waals surface area contributed by atoms with E-state index in [9.17, 15) is 4.79 Å². The Morgan fingerprint density at radius 3 is 2.60 bits per heavy atom. The summed E-state index contributed by atoms with van der Waals surface area (Å²) in [6, 6.07) is 6.98. The van der Waals surface area contributed by atoms with Crippen LogP contribution in [0.3, 0.4) is 0 Å². The molecule has 0 saturated heterocycles. The molecule has 6 heteroatoms. The third kappa shape index (κ3) is 4.92. The molecule has 0 aliphatic rings. The van der Waals surface area contributed by atoms with Gasteiger partial charge in [-0.2, -0.15) is 0 Å². The Kier molecular flexibility index (Phi) is 6.37. The summed E-state index contributed by atoms with van der Waals surface area (Å²) in [5.74, 6) is 2.61. The number of hydrogen-bond acceptors (Lipinski definition) is 4. The number of rotatable bonds is 7. The van der Waals surface area contributed by atoms with Crippen LogP contribution in [0.2, 0.25) is 5.02 Å². The Hall–Kier alpha value is -2.14. The van der Waals surface area contributed by atoms with Gasteiger partial charge in [0.2, 0.25) is 0 Å². The molecule has 1 aromatic carbocycles. The summed E-state index contributed by atoms with van der Waals surface area (Å²) in [5.41, 5.74) is 0.435. The van der Waals surface area contributed by atoms with Crippen molar-refractivity contribution in [3.05, 3.63) is 46.4 Å². The molecule has 25 heavy (non-hydrogen) atoms. The van der Waals surface area contributed by atoms with Crippen molar-refractivity contribution < 1.29 is 18.7 Å². The second-order valence-electron chi connectivity index (χ2n) is 6.37. The van der Waals surface area contributed by atoms with E-state index in [1.807, 2.05) is 32.9 Å². The van der Waals surface area contributed by atoms with Crippen LogP contribution in [0.4, 0.5) is 0 Å². The van der Waals surface area contributed by atoms with Gasteiger partial charge in [0, 0.05) is 12.6 Å². The molecule has 0 saturated carbocycles. The predicted molar refractivity (Wildman–Crippen MR) is 97.6 cm³/mol. The number of amides is 1. The topological polar surface area (TPSA) is 51.9 Å². The van der Waals surface area contributed by atoms with Crippen molar-refractivity contribution in [3.8, 4) is 11.5 Å². The summed E-state index contributed by atoms with van der Waals surface area (Å²) in [7, 11) is 3.24. The van der Waals surface area contributed by atoms with Gasteiger partial charge in [0.25, 0.3) is 5.91 Å². The van der Waals surface area contributed by atoms with E-state index in [1.165, 1.54) is 7.11 Å².